The molecule has 1 aliphatic rings. The van der Waals surface area contributed by atoms with Gasteiger partial charge in [-0.25, -0.2) is 0 Å². The van der Waals surface area contributed by atoms with Gasteiger partial charge in [0.15, 0.2) is 0 Å². The summed E-state index contributed by atoms with van der Waals surface area (Å²) < 4.78 is 0. The number of hydrogen-bond donors (Lipinski definition) is 2. The maximum absolute atomic E-state index is 12.1. The quantitative estimate of drug-likeness (QED) is 0.649. The monoisotopic (exact) mass is 277 g/mol. The van der Waals surface area contributed by atoms with E-state index in [1.165, 1.54) is 18.6 Å². The molecule has 0 atom stereocenters. The third-order valence-electron chi connectivity index (χ3n) is 3.80. The number of nitro benzene ring substituents is 1. The second-order valence-corrected chi connectivity index (χ2v) is 5.38. The molecule has 0 aromatic heterocycles. The molecule has 0 unspecified atom stereocenters. The summed E-state index contributed by atoms with van der Waals surface area (Å²) in [7, 11) is 0. The van der Waals surface area contributed by atoms with Gasteiger partial charge in [0, 0.05) is 18.2 Å². The molecule has 0 spiro atoms. The van der Waals surface area contributed by atoms with Gasteiger partial charge < -0.3 is 11.1 Å². The van der Waals surface area contributed by atoms with Gasteiger partial charge in [-0.05, 0) is 18.9 Å². The van der Waals surface area contributed by atoms with Crippen LogP contribution in [0.15, 0.2) is 24.3 Å². The predicted octanol–water partition coefficient (Wildman–Crippen LogP) is 1.99. The molecule has 1 aliphatic carbocycles. The Labute approximate surface area is 117 Å². The summed E-state index contributed by atoms with van der Waals surface area (Å²) in [5.41, 5.74) is 5.76. The Morgan fingerprint density at radius 3 is 2.60 bits per heavy atom. The SMILES string of the molecule is NC1(CNC(=O)c2ccccc2[N+](=O)[O-])CCCCC1. The molecule has 3 N–H and O–H groups in total. The predicted molar refractivity (Wildman–Crippen MR) is 75.4 cm³/mol. The zero-order chi connectivity index (χ0) is 14.6. The fourth-order valence-corrected chi connectivity index (χ4v) is 2.61. The minimum atomic E-state index is -0.548. The zero-order valence-corrected chi connectivity index (χ0v) is 11.3. The van der Waals surface area contributed by atoms with Crippen molar-refractivity contribution in [1.82, 2.24) is 5.32 Å². The van der Waals surface area contributed by atoms with Crippen LogP contribution in [0.25, 0.3) is 0 Å². The normalized spacial score (nSPS) is 17.4. The number of carbonyl (C=O) groups is 1. The first kappa shape index (κ1) is 14.5. The van der Waals surface area contributed by atoms with E-state index in [1.807, 2.05) is 0 Å². The van der Waals surface area contributed by atoms with Crippen LogP contribution in [0.5, 0.6) is 0 Å². The molecule has 6 heteroatoms. The van der Waals surface area contributed by atoms with Crippen molar-refractivity contribution < 1.29 is 9.72 Å². The smallest absolute Gasteiger partial charge is 0.282 e. The summed E-state index contributed by atoms with van der Waals surface area (Å²) in [5, 5.41) is 13.6. The first-order valence-corrected chi connectivity index (χ1v) is 6.82. The van der Waals surface area contributed by atoms with Gasteiger partial charge in [0.05, 0.1) is 4.92 Å². The van der Waals surface area contributed by atoms with Crippen molar-refractivity contribution in [2.45, 2.75) is 37.6 Å². The molecule has 1 aromatic rings. The highest BCUT2D eigenvalue weighted by atomic mass is 16.6. The Morgan fingerprint density at radius 1 is 1.30 bits per heavy atom. The number of para-hydroxylation sites is 1. The van der Waals surface area contributed by atoms with Crippen molar-refractivity contribution in [2.75, 3.05) is 6.54 Å². The third kappa shape index (κ3) is 3.33. The van der Waals surface area contributed by atoms with Gasteiger partial charge in [0.1, 0.15) is 5.56 Å². The molecule has 6 nitrogen and oxygen atoms in total. The van der Waals surface area contributed by atoms with E-state index in [0.29, 0.717) is 6.54 Å². The molecule has 20 heavy (non-hydrogen) atoms. The average Bonchev–Trinajstić information content (AvgIpc) is 2.45. The van der Waals surface area contributed by atoms with Crippen molar-refractivity contribution in [2.24, 2.45) is 5.73 Å². The van der Waals surface area contributed by atoms with Gasteiger partial charge in [-0.1, -0.05) is 31.4 Å². The molecule has 1 saturated carbocycles. The summed E-state index contributed by atoms with van der Waals surface area (Å²) in [5.74, 6) is -0.437. The Hall–Kier alpha value is -1.95. The fourth-order valence-electron chi connectivity index (χ4n) is 2.61. The average molecular weight is 277 g/mol. The van der Waals surface area contributed by atoms with Gasteiger partial charge in [0.2, 0.25) is 0 Å². The van der Waals surface area contributed by atoms with Crippen LogP contribution >= 0.6 is 0 Å². The van der Waals surface area contributed by atoms with Gasteiger partial charge in [-0.3, -0.25) is 14.9 Å². The first-order valence-electron chi connectivity index (χ1n) is 6.82. The third-order valence-corrected chi connectivity index (χ3v) is 3.80. The lowest BCUT2D eigenvalue weighted by molar-refractivity contribution is -0.385. The highest BCUT2D eigenvalue weighted by Gasteiger charge is 2.28. The van der Waals surface area contributed by atoms with Gasteiger partial charge in [-0.15, -0.1) is 0 Å². The second kappa shape index (κ2) is 6.00. The molecule has 1 aromatic carbocycles. The summed E-state index contributed by atoms with van der Waals surface area (Å²) in [6, 6.07) is 5.94. The summed E-state index contributed by atoms with van der Waals surface area (Å²) in [4.78, 5) is 22.4. The van der Waals surface area contributed by atoms with Gasteiger partial charge in [-0.2, -0.15) is 0 Å². The highest BCUT2D eigenvalue weighted by molar-refractivity contribution is 5.98. The van der Waals surface area contributed by atoms with Crippen molar-refractivity contribution in [3.63, 3.8) is 0 Å². The number of nitro groups is 1. The van der Waals surface area contributed by atoms with Crippen molar-refractivity contribution in [3.8, 4) is 0 Å². The minimum absolute atomic E-state index is 0.0805. The van der Waals surface area contributed by atoms with E-state index < -0.39 is 10.8 Å². The number of carbonyl (C=O) groups excluding carboxylic acids is 1. The number of benzene rings is 1. The minimum Gasteiger partial charge on any atom is -0.350 e. The van der Waals surface area contributed by atoms with Crippen molar-refractivity contribution >= 4 is 11.6 Å². The molecule has 108 valence electrons. The summed E-state index contributed by atoms with van der Waals surface area (Å²) >= 11 is 0. The highest BCUT2D eigenvalue weighted by Crippen LogP contribution is 2.25. The van der Waals surface area contributed by atoms with Crippen LogP contribution in [-0.4, -0.2) is 22.9 Å². The maximum Gasteiger partial charge on any atom is 0.282 e. The second-order valence-electron chi connectivity index (χ2n) is 5.38. The first-order chi connectivity index (χ1) is 9.52. The lowest BCUT2D eigenvalue weighted by atomic mass is 9.82. The standard InChI is InChI=1S/C14H19N3O3/c15-14(8-4-1-5-9-14)10-16-13(18)11-6-2-3-7-12(11)17(19)20/h2-3,6-7H,1,4-5,8-10,15H2,(H,16,18). The number of nitrogens with two attached hydrogens (primary N) is 1. The van der Waals surface area contributed by atoms with Crippen LogP contribution in [0.3, 0.4) is 0 Å². The summed E-state index contributed by atoms with van der Waals surface area (Å²) in [6.07, 6.45) is 5.07. The number of nitrogens with one attached hydrogen (secondary N) is 1. The zero-order valence-electron chi connectivity index (χ0n) is 11.3. The molecule has 0 bridgehead atoms. The van der Waals surface area contributed by atoms with Gasteiger partial charge in [0.25, 0.3) is 11.6 Å². The van der Waals surface area contributed by atoms with E-state index in [1.54, 1.807) is 12.1 Å². The van der Waals surface area contributed by atoms with Crippen LogP contribution in [0, 0.1) is 10.1 Å². The van der Waals surface area contributed by atoms with Crippen LogP contribution in [0.4, 0.5) is 5.69 Å². The van der Waals surface area contributed by atoms with E-state index in [2.05, 4.69) is 5.32 Å². The number of nitrogens with zero attached hydrogens (tertiary/aromatic N) is 1. The summed E-state index contributed by atoms with van der Waals surface area (Å²) in [6.45, 7) is 0.359. The molecular weight excluding hydrogens is 258 g/mol. The fraction of sp³-hybridized carbons (Fsp3) is 0.500. The van der Waals surface area contributed by atoms with Crippen molar-refractivity contribution in [1.29, 1.82) is 0 Å². The Balaban J connectivity index is 2.03. The number of rotatable bonds is 4. The van der Waals surface area contributed by atoms with Gasteiger partial charge >= 0.3 is 0 Å². The number of amides is 1. The lowest BCUT2D eigenvalue weighted by Gasteiger charge is -2.33. The van der Waals surface area contributed by atoms with E-state index in [0.717, 1.165) is 25.7 Å². The Bertz CT molecular complexity index is 510. The maximum atomic E-state index is 12.1. The van der Waals surface area contributed by atoms with E-state index in [9.17, 15) is 14.9 Å². The molecular formula is C14H19N3O3. The molecule has 0 radical (unpaired) electrons. The Kier molecular flexibility index (Phi) is 4.34. The Morgan fingerprint density at radius 2 is 1.95 bits per heavy atom. The van der Waals surface area contributed by atoms with Crippen LogP contribution in [-0.2, 0) is 0 Å². The molecule has 1 amide bonds. The largest absolute Gasteiger partial charge is 0.350 e. The lowest BCUT2D eigenvalue weighted by Crippen LogP contribution is -2.51. The van der Waals surface area contributed by atoms with E-state index in [4.69, 9.17) is 5.73 Å². The van der Waals surface area contributed by atoms with E-state index in [-0.39, 0.29) is 16.8 Å². The topological polar surface area (TPSA) is 98.3 Å². The molecule has 0 heterocycles. The van der Waals surface area contributed by atoms with Crippen LogP contribution in [0.2, 0.25) is 0 Å². The number of hydrogen-bond acceptors (Lipinski definition) is 4. The molecule has 2 rings (SSSR count). The molecule has 1 fully saturated rings. The molecule has 0 saturated heterocycles. The van der Waals surface area contributed by atoms with Crippen LogP contribution in [0.1, 0.15) is 42.5 Å². The van der Waals surface area contributed by atoms with E-state index >= 15 is 0 Å². The molecule has 0 aliphatic heterocycles. The van der Waals surface area contributed by atoms with Crippen LogP contribution < -0.4 is 11.1 Å². The van der Waals surface area contributed by atoms with Crippen molar-refractivity contribution in [3.05, 3.63) is 39.9 Å².